The highest BCUT2D eigenvalue weighted by Crippen LogP contribution is 2.69. The Morgan fingerprint density at radius 3 is 0.936 bits per heavy atom. The van der Waals surface area contributed by atoms with E-state index < -0.39 is 56.1 Å². The van der Waals surface area contributed by atoms with Crippen LogP contribution >= 0.6 is 0 Å². The number of hydrogen-bond acceptors (Lipinski definition) is 4. The van der Waals surface area contributed by atoms with E-state index in [2.05, 4.69) is 0 Å². The van der Waals surface area contributed by atoms with Crippen LogP contribution in [0.3, 0.4) is 0 Å². The van der Waals surface area contributed by atoms with Crippen LogP contribution in [0, 0.1) is 5.41 Å². The van der Waals surface area contributed by atoms with Crippen LogP contribution in [0.5, 0.6) is 0 Å². The van der Waals surface area contributed by atoms with Crippen molar-refractivity contribution in [3.05, 3.63) is 323 Å². The van der Waals surface area contributed by atoms with E-state index in [-0.39, 0.29) is 51.4 Å². The van der Waals surface area contributed by atoms with Gasteiger partial charge in [-0.15, -0.1) is 0 Å². The van der Waals surface area contributed by atoms with Crippen LogP contribution in [-0.4, -0.2) is 52.6 Å². The third kappa shape index (κ3) is 10.8. The van der Waals surface area contributed by atoms with Crippen molar-refractivity contribution in [2.75, 3.05) is 5.75 Å². The number of piperidine rings is 1. The first-order valence-electron chi connectivity index (χ1n) is 27.0. The molecule has 78 heavy (non-hydrogen) atoms. The maximum atomic E-state index is 23.3. The van der Waals surface area contributed by atoms with E-state index in [1.807, 2.05) is 273 Å². The lowest BCUT2D eigenvalue weighted by Crippen LogP contribution is -2.92. The Morgan fingerprint density at radius 2 is 0.628 bits per heavy atom. The highest BCUT2D eigenvalue weighted by Gasteiger charge is 2.85. The van der Waals surface area contributed by atoms with Gasteiger partial charge in [0, 0.05) is 18.3 Å². The summed E-state index contributed by atoms with van der Waals surface area (Å²) in [5.41, 5.74) is -4.64. The molecule has 0 unspecified atom stereocenters. The van der Waals surface area contributed by atoms with Gasteiger partial charge in [-0.05, 0) is 95.0 Å². The van der Waals surface area contributed by atoms with E-state index in [4.69, 9.17) is 4.18 Å². The summed E-state index contributed by atoms with van der Waals surface area (Å²) in [5.74, 6) is -0.473. The Hall–Kier alpha value is -7.91. The lowest BCUT2D eigenvalue weighted by atomic mass is 9.39. The van der Waals surface area contributed by atoms with Crippen molar-refractivity contribution in [2.45, 2.75) is 80.1 Å². The molecule has 6 nitrogen and oxygen atoms in total. The predicted molar refractivity (Wildman–Crippen MR) is 311 cm³/mol. The molecule has 1 amide bonds. The van der Waals surface area contributed by atoms with Gasteiger partial charge >= 0.3 is 6.09 Å². The van der Waals surface area contributed by atoms with E-state index in [1.165, 1.54) is 0 Å². The zero-order valence-electron chi connectivity index (χ0n) is 43.9. The first-order chi connectivity index (χ1) is 38.0. The van der Waals surface area contributed by atoms with Gasteiger partial charge in [0.15, 0.2) is 5.67 Å². The number of halogens is 1. The molecule has 0 aliphatic carbocycles. The molecule has 1 N–H and O–H groups in total. The molecular formula is C70H66FNO5S. The molecule has 1 fully saturated rings. The van der Waals surface area contributed by atoms with Crippen molar-refractivity contribution in [1.29, 1.82) is 0 Å². The summed E-state index contributed by atoms with van der Waals surface area (Å²) < 4.78 is 63.7. The fraction of sp³-hybridized carbons (Fsp3) is 0.214. The summed E-state index contributed by atoms with van der Waals surface area (Å²) >= 11 is 0. The molecule has 8 heteroatoms. The second-order valence-electron chi connectivity index (χ2n) is 21.3. The van der Waals surface area contributed by atoms with Crippen LogP contribution in [0.2, 0.25) is 0 Å². The SMILES string of the molecule is O=C(O)N1C(Cc2ccccc2)(Cc2ccccc2)C(Cc2ccccc2)(Cc2ccccc2)[C@@](Cc2ccccc2)(OS(=O)(=O)CCc2ccccc2)[C@](F)(Cc2ccccc2)C1(Cc1ccccc1)Cc1ccccc1. The minimum atomic E-state index is -4.81. The number of rotatable bonds is 21. The van der Waals surface area contributed by atoms with E-state index >= 15 is 17.6 Å². The standard InChI is InChI=1S/C70H66FNO5S/c71-69(54-63-42-24-8-25-43-63)68(52-61-38-20-6-21-39-61,53-62-40-22-7-23-41-62)72(65(73)74)67(50-59-34-16-4-17-35-59,51-60-36-18-5-19-37-60)66(48-57-30-12-2-13-31-57,49-58-32-14-3-15-33-58)70(69,55-64-44-26-9-27-45-64)77-78(75,76)47-46-56-28-10-1-11-29-56/h1-45H,46-55H2,(H,73,74)/t69-,70+/m0/s1. The molecule has 0 aromatic heterocycles. The average Bonchev–Trinajstić information content (AvgIpc) is 1.99. The third-order valence-electron chi connectivity index (χ3n) is 16.5. The summed E-state index contributed by atoms with van der Waals surface area (Å²) in [5, 5.41) is 13.2. The van der Waals surface area contributed by atoms with Gasteiger partial charge in [-0.3, -0.25) is 9.08 Å². The highest BCUT2D eigenvalue weighted by molar-refractivity contribution is 7.86. The number of likely N-dealkylation sites (tertiary alicyclic amines) is 1. The van der Waals surface area contributed by atoms with E-state index in [0.717, 1.165) is 27.8 Å². The molecule has 1 heterocycles. The molecule has 0 bridgehead atoms. The molecule has 0 radical (unpaired) electrons. The summed E-state index contributed by atoms with van der Waals surface area (Å²) in [7, 11) is -4.81. The number of carboxylic acid groups (broad SMARTS) is 1. The molecule has 10 rings (SSSR count). The number of benzene rings is 9. The molecule has 9 aromatic rings. The Kier molecular flexibility index (Phi) is 16.0. The first kappa shape index (κ1) is 53.5. The Balaban J connectivity index is 1.48. The van der Waals surface area contributed by atoms with Gasteiger partial charge in [-0.1, -0.05) is 273 Å². The second kappa shape index (κ2) is 23.4. The Bertz CT molecular complexity index is 3310. The molecule has 394 valence electrons. The molecule has 2 atom stereocenters. The average molecular weight is 1050 g/mol. The van der Waals surface area contributed by atoms with Gasteiger partial charge in [0.1, 0.15) is 5.60 Å². The number of hydrogen-bond donors (Lipinski definition) is 1. The van der Waals surface area contributed by atoms with Crippen LogP contribution in [0.15, 0.2) is 273 Å². The Morgan fingerprint density at radius 1 is 0.372 bits per heavy atom. The fourth-order valence-corrected chi connectivity index (χ4v) is 14.7. The zero-order valence-corrected chi connectivity index (χ0v) is 44.7. The number of alkyl halides is 1. The summed E-state index contributed by atoms with van der Waals surface area (Å²) in [6.45, 7) is 0. The van der Waals surface area contributed by atoms with Crippen LogP contribution in [0.1, 0.15) is 50.1 Å². The third-order valence-corrected chi connectivity index (χ3v) is 17.7. The largest absolute Gasteiger partial charge is 0.465 e. The number of aryl methyl sites for hydroxylation is 1. The van der Waals surface area contributed by atoms with Crippen molar-refractivity contribution in [3.8, 4) is 0 Å². The quantitative estimate of drug-likeness (QED) is 0.0725. The molecule has 0 saturated carbocycles. The lowest BCUT2D eigenvalue weighted by Gasteiger charge is -2.76. The van der Waals surface area contributed by atoms with E-state index in [0.29, 0.717) is 22.3 Å². The van der Waals surface area contributed by atoms with Gasteiger partial charge < -0.3 is 5.11 Å². The van der Waals surface area contributed by atoms with Crippen molar-refractivity contribution in [1.82, 2.24) is 4.90 Å². The minimum Gasteiger partial charge on any atom is -0.465 e. The molecule has 9 aromatic carbocycles. The van der Waals surface area contributed by atoms with Gasteiger partial charge in [0.2, 0.25) is 0 Å². The molecule has 1 aliphatic heterocycles. The highest BCUT2D eigenvalue weighted by atomic mass is 32.2. The molecule has 1 saturated heterocycles. The van der Waals surface area contributed by atoms with Crippen molar-refractivity contribution >= 4 is 16.2 Å². The summed E-state index contributed by atoms with van der Waals surface area (Å²) in [6.07, 6.45) is -2.12. The van der Waals surface area contributed by atoms with Gasteiger partial charge in [0.25, 0.3) is 10.1 Å². The maximum absolute atomic E-state index is 23.3. The lowest BCUT2D eigenvalue weighted by molar-refractivity contribution is -0.308. The van der Waals surface area contributed by atoms with Gasteiger partial charge in [-0.25, -0.2) is 9.18 Å². The summed E-state index contributed by atoms with van der Waals surface area (Å²) in [6, 6.07) is 86.8. The van der Waals surface area contributed by atoms with Crippen LogP contribution in [0.4, 0.5) is 9.18 Å². The molecule has 1 aliphatic rings. The number of carbonyl (C=O) groups is 1. The van der Waals surface area contributed by atoms with Crippen LogP contribution in [0.25, 0.3) is 0 Å². The maximum Gasteiger partial charge on any atom is 0.408 e. The normalized spacial score (nSPS) is 18.4. The summed E-state index contributed by atoms with van der Waals surface area (Å²) in [4.78, 5) is 17.7. The van der Waals surface area contributed by atoms with Crippen LogP contribution < -0.4 is 0 Å². The molecule has 0 spiro atoms. The van der Waals surface area contributed by atoms with E-state index in [9.17, 15) is 5.11 Å². The minimum absolute atomic E-state index is 0.000430. The van der Waals surface area contributed by atoms with Crippen molar-refractivity contribution in [3.63, 3.8) is 0 Å². The van der Waals surface area contributed by atoms with Crippen molar-refractivity contribution < 1.29 is 26.9 Å². The van der Waals surface area contributed by atoms with Gasteiger partial charge in [-0.2, -0.15) is 8.42 Å². The smallest absolute Gasteiger partial charge is 0.408 e. The van der Waals surface area contributed by atoms with Crippen molar-refractivity contribution in [2.24, 2.45) is 5.41 Å². The number of amides is 1. The zero-order chi connectivity index (χ0) is 53.9. The topological polar surface area (TPSA) is 83.9 Å². The van der Waals surface area contributed by atoms with Gasteiger partial charge in [0.05, 0.1) is 16.8 Å². The molecular weight excluding hydrogens is 986 g/mol. The first-order valence-corrected chi connectivity index (χ1v) is 28.6. The number of nitrogens with zero attached hydrogens (tertiary/aromatic N) is 1. The van der Waals surface area contributed by atoms with Crippen LogP contribution in [-0.2, 0) is 72.1 Å². The second-order valence-corrected chi connectivity index (χ2v) is 23.0. The predicted octanol–water partition coefficient (Wildman–Crippen LogP) is 14.4. The van der Waals surface area contributed by atoms with E-state index in [1.54, 1.807) is 4.90 Å². The fourth-order valence-electron chi connectivity index (χ4n) is 13.4. The Labute approximate surface area is 460 Å². The monoisotopic (exact) mass is 1050 g/mol.